The number of rotatable bonds is 7. The highest BCUT2D eigenvalue weighted by molar-refractivity contribution is 6.00. The van der Waals surface area contributed by atoms with Crippen LogP contribution < -0.4 is 4.90 Å². The van der Waals surface area contributed by atoms with Crippen molar-refractivity contribution in [2.75, 3.05) is 4.90 Å². The van der Waals surface area contributed by atoms with Crippen LogP contribution in [-0.4, -0.2) is 0 Å². The highest BCUT2D eigenvalue weighted by Gasteiger charge is 2.51. The number of fused-ring (bicyclic) bond motifs is 10. The molecule has 1 nitrogen and oxygen atoms in total. The van der Waals surface area contributed by atoms with E-state index >= 15 is 0 Å². The monoisotopic (exact) mass is 787 g/mol. The molecule has 0 N–H and O–H groups in total. The van der Waals surface area contributed by atoms with Crippen LogP contribution in [0, 0.1) is 0 Å². The third-order valence-electron chi connectivity index (χ3n) is 13.1. The van der Waals surface area contributed by atoms with Gasteiger partial charge < -0.3 is 4.90 Å². The van der Waals surface area contributed by atoms with Crippen LogP contribution in [-0.2, 0) is 5.41 Å². The Bertz CT molecular complexity index is 3260. The predicted octanol–water partition coefficient (Wildman–Crippen LogP) is 16.2. The summed E-state index contributed by atoms with van der Waals surface area (Å²) in [6.07, 6.45) is 0. The second-order valence-corrected chi connectivity index (χ2v) is 16.3. The average Bonchev–Trinajstić information content (AvgIpc) is 3.82. The molecule has 0 radical (unpaired) electrons. The van der Waals surface area contributed by atoms with Crippen molar-refractivity contribution in [3.63, 3.8) is 0 Å². The van der Waals surface area contributed by atoms with E-state index in [1.165, 1.54) is 83.5 Å². The Morgan fingerprint density at radius 3 is 1.24 bits per heavy atom. The Morgan fingerprint density at radius 2 is 0.629 bits per heavy atom. The molecule has 0 amide bonds. The van der Waals surface area contributed by atoms with E-state index < -0.39 is 5.41 Å². The number of nitrogens with zero attached hydrogens (tertiary/aromatic N) is 1. The lowest BCUT2D eigenvalue weighted by Gasteiger charge is -2.32. The first kappa shape index (κ1) is 35.9. The maximum Gasteiger partial charge on any atom is 0.0725 e. The van der Waals surface area contributed by atoms with Crippen LogP contribution >= 0.6 is 0 Å². The molecule has 0 aliphatic heterocycles. The number of benzene rings is 10. The van der Waals surface area contributed by atoms with E-state index in [-0.39, 0.29) is 0 Å². The van der Waals surface area contributed by atoms with Crippen molar-refractivity contribution in [2.45, 2.75) is 5.41 Å². The van der Waals surface area contributed by atoms with Gasteiger partial charge in [0, 0.05) is 16.9 Å². The summed E-state index contributed by atoms with van der Waals surface area (Å²) in [6, 6.07) is 91.5. The molecular formula is C61H41N. The van der Waals surface area contributed by atoms with Crippen LogP contribution in [0.5, 0.6) is 0 Å². The van der Waals surface area contributed by atoms with Gasteiger partial charge in [0.25, 0.3) is 0 Å². The van der Waals surface area contributed by atoms with Gasteiger partial charge in [-0.05, 0) is 114 Å². The molecule has 1 spiro atoms. The molecule has 62 heavy (non-hydrogen) atoms. The second kappa shape index (κ2) is 14.6. The molecule has 290 valence electrons. The standard InChI is InChI=1S/C61H41N/c1-3-20-42(21-4-1)44-24-19-25-45(40-44)62(60-37-18-14-33-54(60)50-29-10-9-28-49(50)48-27-8-7-26-47(48)43-22-5-2-6-23-43)46-38-39-59-55(41-46)53-32-13-17-36-58(53)61(59)56-34-15-11-30-51(56)52-31-12-16-35-57(52)61/h1-41H. The van der Waals surface area contributed by atoms with Gasteiger partial charge in [-0.1, -0.05) is 218 Å². The summed E-state index contributed by atoms with van der Waals surface area (Å²) in [5, 5.41) is 0. The largest absolute Gasteiger partial charge is 0.310 e. The first-order chi connectivity index (χ1) is 30.8. The van der Waals surface area contributed by atoms with Crippen molar-refractivity contribution in [2.24, 2.45) is 0 Å². The average molecular weight is 788 g/mol. The third-order valence-corrected chi connectivity index (χ3v) is 13.1. The van der Waals surface area contributed by atoms with Gasteiger partial charge >= 0.3 is 0 Å². The minimum atomic E-state index is -0.404. The van der Waals surface area contributed by atoms with E-state index in [9.17, 15) is 0 Å². The lowest BCUT2D eigenvalue weighted by molar-refractivity contribution is 0.794. The predicted molar refractivity (Wildman–Crippen MR) is 259 cm³/mol. The van der Waals surface area contributed by atoms with Crippen LogP contribution in [0.1, 0.15) is 22.3 Å². The molecule has 0 saturated carbocycles. The van der Waals surface area contributed by atoms with E-state index in [1.807, 2.05) is 0 Å². The molecular weight excluding hydrogens is 747 g/mol. The summed E-state index contributed by atoms with van der Waals surface area (Å²) >= 11 is 0. The number of hydrogen-bond acceptors (Lipinski definition) is 1. The summed E-state index contributed by atoms with van der Waals surface area (Å²) in [5.41, 5.74) is 23.0. The normalized spacial score (nSPS) is 12.6. The molecule has 0 aromatic heterocycles. The lowest BCUT2D eigenvalue weighted by Crippen LogP contribution is -2.25. The van der Waals surface area contributed by atoms with Crippen molar-refractivity contribution in [1.82, 2.24) is 0 Å². The smallest absolute Gasteiger partial charge is 0.0725 e. The minimum Gasteiger partial charge on any atom is -0.310 e. The van der Waals surface area contributed by atoms with Gasteiger partial charge in [-0.25, -0.2) is 0 Å². The first-order valence-electron chi connectivity index (χ1n) is 21.5. The van der Waals surface area contributed by atoms with Gasteiger partial charge in [0.1, 0.15) is 0 Å². The number of anilines is 3. The molecule has 12 rings (SSSR count). The molecule has 2 aliphatic carbocycles. The molecule has 2 aliphatic rings. The fourth-order valence-corrected chi connectivity index (χ4v) is 10.5. The summed E-state index contributed by atoms with van der Waals surface area (Å²) in [4.78, 5) is 2.48. The van der Waals surface area contributed by atoms with Crippen molar-refractivity contribution in [3.8, 4) is 66.8 Å². The molecule has 0 fully saturated rings. The van der Waals surface area contributed by atoms with Crippen LogP contribution in [0.4, 0.5) is 17.1 Å². The Hall–Kier alpha value is -8.00. The van der Waals surface area contributed by atoms with Gasteiger partial charge in [-0.15, -0.1) is 0 Å². The highest BCUT2D eigenvalue weighted by Crippen LogP contribution is 2.63. The maximum absolute atomic E-state index is 2.48. The molecule has 0 unspecified atom stereocenters. The quantitative estimate of drug-likeness (QED) is 0.155. The van der Waals surface area contributed by atoms with Gasteiger partial charge in [0.15, 0.2) is 0 Å². The third kappa shape index (κ3) is 5.49. The van der Waals surface area contributed by atoms with E-state index in [0.29, 0.717) is 0 Å². The van der Waals surface area contributed by atoms with Crippen LogP contribution in [0.2, 0.25) is 0 Å². The van der Waals surface area contributed by atoms with Gasteiger partial charge in [0.2, 0.25) is 0 Å². The minimum absolute atomic E-state index is 0.404. The van der Waals surface area contributed by atoms with E-state index in [0.717, 1.165) is 22.6 Å². The SMILES string of the molecule is c1ccc(-c2cccc(N(c3ccc4c(c3)-c3ccccc3C43c4ccccc4-c4ccccc43)c3ccccc3-c3ccccc3-c3ccccc3-c3ccccc3)c2)cc1. The van der Waals surface area contributed by atoms with Gasteiger partial charge in [-0.3, -0.25) is 0 Å². The first-order valence-corrected chi connectivity index (χ1v) is 21.5. The van der Waals surface area contributed by atoms with Crippen LogP contribution in [0.15, 0.2) is 249 Å². The summed E-state index contributed by atoms with van der Waals surface area (Å²) in [7, 11) is 0. The lowest BCUT2D eigenvalue weighted by atomic mass is 9.70. The molecule has 0 atom stereocenters. The number of para-hydroxylation sites is 1. The molecule has 10 aromatic carbocycles. The van der Waals surface area contributed by atoms with Crippen molar-refractivity contribution in [3.05, 3.63) is 271 Å². The summed E-state index contributed by atoms with van der Waals surface area (Å²) in [6.45, 7) is 0. The van der Waals surface area contributed by atoms with Crippen molar-refractivity contribution < 1.29 is 0 Å². The fraction of sp³-hybridized carbons (Fsp3) is 0.0164. The summed E-state index contributed by atoms with van der Waals surface area (Å²) < 4.78 is 0. The van der Waals surface area contributed by atoms with Crippen molar-refractivity contribution in [1.29, 1.82) is 0 Å². The Morgan fingerprint density at radius 1 is 0.226 bits per heavy atom. The van der Waals surface area contributed by atoms with Gasteiger partial charge in [0.05, 0.1) is 11.1 Å². The van der Waals surface area contributed by atoms with E-state index in [2.05, 4.69) is 254 Å². The topological polar surface area (TPSA) is 3.24 Å². The second-order valence-electron chi connectivity index (χ2n) is 16.3. The Balaban J connectivity index is 1.10. The Kier molecular flexibility index (Phi) is 8.47. The molecule has 0 bridgehead atoms. The number of hydrogen-bond donors (Lipinski definition) is 0. The van der Waals surface area contributed by atoms with Gasteiger partial charge in [-0.2, -0.15) is 0 Å². The zero-order chi connectivity index (χ0) is 41.0. The Labute approximate surface area is 363 Å². The van der Waals surface area contributed by atoms with Crippen molar-refractivity contribution >= 4 is 17.1 Å². The highest BCUT2D eigenvalue weighted by atomic mass is 15.1. The van der Waals surface area contributed by atoms with E-state index in [4.69, 9.17) is 0 Å². The van der Waals surface area contributed by atoms with E-state index in [1.54, 1.807) is 0 Å². The maximum atomic E-state index is 2.48. The van der Waals surface area contributed by atoms with Crippen LogP contribution in [0.25, 0.3) is 66.8 Å². The zero-order valence-corrected chi connectivity index (χ0v) is 34.1. The molecule has 0 saturated heterocycles. The fourth-order valence-electron chi connectivity index (χ4n) is 10.5. The molecule has 10 aromatic rings. The molecule has 1 heteroatoms. The van der Waals surface area contributed by atoms with Crippen LogP contribution in [0.3, 0.4) is 0 Å². The molecule has 0 heterocycles. The zero-order valence-electron chi connectivity index (χ0n) is 34.1. The summed E-state index contributed by atoms with van der Waals surface area (Å²) in [5.74, 6) is 0.